The van der Waals surface area contributed by atoms with E-state index in [0.717, 1.165) is 61.2 Å². The van der Waals surface area contributed by atoms with Crippen molar-refractivity contribution in [2.75, 3.05) is 32.2 Å². The molecule has 0 amide bonds. The number of hydrogen-bond donors (Lipinski definition) is 0. The van der Waals surface area contributed by atoms with Gasteiger partial charge in [0.25, 0.3) is 0 Å². The number of anilines is 1. The molecule has 2 aliphatic rings. The number of methoxy groups -OCH3 is 2. The van der Waals surface area contributed by atoms with Gasteiger partial charge < -0.3 is 19.1 Å². The van der Waals surface area contributed by atoms with Gasteiger partial charge in [-0.05, 0) is 49.6 Å². The first-order valence-electron chi connectivity index (χ1n) is 13.2. The minimum Gasteiger partial charge on any atom is -0.497 e. The monoisotopic (exact) mass is 497 g/mol. The highest BCUT2D eigenvalue weighted by Gasteiger charge is 2.49. The number of rotatable bonds is 9. The Bertz CT molecular complexity index is 1350. The van der Waals surface area contributed by atoms with Crippen LogP contribution in [0.1, 0.15) is 44.7 Å². The summed E-state index contributed by atoms with van der Waals surface area (Å²) in [6.07, 6.45) is 5.20. The molecule has 0 radical (unpaired) electrons. The molecule has 0 N–H and O–H groups in total. The molecule has 0 spiro atoms. The summed E-state index contributed by atoms with van der Waals surface area (Å²) in [6.45, 7) is 8.60. The number of nitrogens with zero attached hydrogens (tertiary/aromatic N) is 2. The van der Waals surface area contributed by atoms with Gasteiger partial charge in [0, 0.05) is 30.7 Å². The van der Waals surface area contributed by atoms with Crippen molar-refractivity contribution in [1.29, 1.82) is 0 Å². The molecule has 0 bridgehead atoms. The van der Waals surface area contributed by atoms with Crippen LogP contribution in [0.4, 0.5) is 11.4 Å². The van der Waals surface area contributed by atoms with E-state index in [2.05, 4.69) is 90.9 Å². The van der Waals surface area contributed by atoms with E-state index < -0.39 is 0 Å². The summed E-state index contributed by atoms with van der Waals surface area (Å²) in [6, 6.07) is 23.3. The molecule has 2 aliphatic heterocycles. The highest BCUT2D eigenvalue weighted by atomic mass is 16.5. The summed E-state index contributed by atoms with van der Waals surface area (Å²) in [7, 11) is 3.43. The Morgan fingerprint density at radius 3 is 2.35 bits per heavy atom. The Morgan fingerprint density at radius 1 is 0.919 bits per heavy atom. The fraction of sp³-hybridized carbons (Fsp3) is 0.344. The summed E-state index contributed by atoms with van der Waals surface area (Å²) in [5.41, 5.74) is 5.90. The molecular weight excluding hydrogens is 460 g/mol. The zero-order valence-corrected chi connectivity index (χ0v) is 22.6. The number of ether oxygens (including phenoxy) is 3. The number of benzene rings is 3. The van der Waals surface area contributed by atoms with Gasteiger partial charge in [-0.25, -0.2) is 0 Å². The molecule has 3 aromatic rings. The minimum atomic E-state index is -0.263. The molecule has 0 aliphatic carbocycles. The molecule has 5 rings (SSSR count). The average molecular weight is 498 g/mol. The molecule has 0 fully saturated rings. The quantitative estimate of drug-likeness (QED) is 0.302. The van der Waals surface area contributed by atoms with E-state index in [-0.39, 0.29) is 5.41 Å². The van der Waals surface area contributed by atoms with Crippen LogP contribution < -0.4 is 19.1 Å². The van der Waals surface area contributed by atoms with Crippen LogP contribution in [0.2, 0.25) is 0 Å². The van der Waals surface area contributed by atoms with Crippen LogP contribution in [0.25, 0.3) is 0 Å². The van der Waals surface area contributed by atoms with Gasteiger partial charge in [-0.15, -0.1) is 0 Å². The van der Waals surface area contributed by atoms with Crippen LogP contribution in [-0.4, -0.2) is 37.6 Å². The summed E-state index contributed by atoms with van der Waals surface area (Å²) < 4.78 is 20.1. The molecule has 37 heavy (non-hydrogen) atoms. The topological polar surface area (TPSA) is 33.9 Å². The first kappa shape index (κ1) is 24.9. The maximum Gasteiger partial charge on any atom is 0.210 e. The third-order valence-electron chi connectivity index (χ3n) is 7.44. The van der Waals surface area contributed by atoms with Crippen molar-refractivity contribution in [3.8, 4) is 17.2 Å². The van der Waals surface area contributed by atoms with Crippen molar-refractivity contribution in [3.05, 3.63) is 89.8 Å². The second-order valence-electron chi connectivity index (χ2n) is 9.98. The third kappa shape index (κ3) is 4.48. The largest absolute Gasteiger partial charge is 0.497 e. The smallest absolute Gasteiger partial charge is 0.210 e. The molecule has 5 heteroatoms. The maximum absolute atomic E-state index is 6.53. The first-order chi connectivity index (χ1) is 18.0. The summed E-state index contributed by atoms with van der Waals surface area (Å²) in [4.78, 5) is 2.29. The predicted molar refractivity (Wildman–Crippen MR) is 150 cm³/mol. The molecule has 5 nitrogen and oxygen atoms in total. The Labute approximate surface area is 220 Å². The number of fused-ring (bicyclic) bond motifs is 2. The molecule has 0 saturated carbocycles. The Kier molecular flexibility index (Phi) is 6.96. The zero-order chi connectivity index (χ0) is 26.0. The first-order valence-corrected chi connectivity index (χ1v) is 13.2. The lowest BCUT2D eigenvalue weighted by Gasteiger charge is -2.24. The highest BCUT2D eigenvalue weighted by molar-refractivity contribution is 6.04. The van der Waals surface area contributed by atoms with Gasteiger partial charge in [-0.2, -0.15) is 4.58 Å². The van der Waals surface area contributed by atoms with Gasteiger partial charge >= 0.3 is 0 Å². The molecule has 0 aromatic heterocycles. The van der Waals surface area contributed by atoms with E-state index >= 15 is 0 Å². The molecule has 0 saturated heterocycles. The van der Waals surface area contributed by atoms with E-state index in [1.54, 1.807) is 14.2 Å². The van der Waals surface area contributed by atoms with Crippen LogP contribution in [0, 0.1) is 0 Å². The van der Waals surface area contributed by atoms with Crippen molar-refractivity contribution in [2.45, 2.75) is 45.4 Å². The number of hydrogen-bond acceptors (Lipinski definition) is 4. The van der Waals surface area contributed by atoms with Crippen LogP contribution in [0.5, 0.6) is 17.2 Å². The lowest BCUT2D eigenvalue weighted by molar-refractivity contribution is -0.437. The predicted octanol–water partition coefficient (Wildman–Crippen LogP) is 6.86. The standard InChI is InChI=1S/C32H37N2O3/c1-6-17-33-27-15-13-24(35-4)19-26(27)32(3,22-23-11-9-8-10-12-23)30(33)21-31-34(18-7-2)28-16-14-25(36-5)20-29(28)37-31/h8-16,19-21H,6-7,17-18,22H2,1-5H3/q+1. The van der Waals surface area contributed by atoms with Crippen LogP contribution in [0.3, 0.4) is 0 Å². The average Bonchev–Trinajstić information content (AvgIpc) is 3.37. The SMILES string of the molecule is CCCN1/C(=C/C2=[N+](CCC)c3ccc(OC)cc3C2(C)Cc2ccccc2)Oc2cc(OC)ccc21. The Hall–Kier alpha value is -3.73. The normalized spacial score (nSPS) is 19.2. The van der Waals surface area contributed by atoms with Gasteiger partial charge in [-0.1, -0.05) is 44.2 Å². The van der Waals surface area contributed by atoms with E-state index in [1.165, 1.54) is 22.5 Å². The van der Waals surface area contributed by atoms with Crippen LogP contribution in [-0.2, 0) is 11.8 Å². The molecule has 192 valence electrons. The second-order valence-corrected chi connectivity index (χ2v) is 9.98. The van der Waals surface area contributed by atoms with E-state index in [1.807, 2.05) is 12.1 Å². The van der Waals surface area contributed by atoms with Crippen molar-refractivity contribution < 1.29 is 18.8 Å². The fourth-order valence-corrected chi connectivity index (χ4v) is 5.67. The molecular formula is C32H37N2O3+. The lowest BCUT2D eigenvalue weighted by atomic mass is 9.74. The van der Waals surface area contributed by atoms with Crippen molar-refractivity contribution in [2.24, 2.45) is 0 Å². The van der Waals surface area contributed by atoms with Crippen molar-refractivity contribution >= 4 is 17.1 Å². The van der Waals surface area contributed by atoms with Crippen LogP contribution >= 0.6 is 0 Å². The summed E-state index contributed by atoms with van der Waals surface area (Å²) in [5.74, 6) is 3.38. The van der Waals surface area contributed by atoms with Gasteiger partial charge in [0.1, 0.15) is 18.0 Å². The van der Waals surface area contributed by atoms with E-state index in [4.69, 9.17) is 14.2 Å². The Morgan fingerprint density at radius 2 is 1.65 bits per heavy atom. The molecule has 3 aromatic carbocycles. The van der Waals surface area contributed by atoms with E-state index in [0.29, 0.717) is 0 Å². The van der Waals surface area contributed by atoms with Crippen LogP contribution in [0.15, 0.2) is 78.7 Å². The van der Waals surface area contributed by atoms with E-state index in [9.17, 15) is 0 Å². The van der Waals surface area contributed by atoms with Gasteiger partial charge in [0.05, 0.1) is 31.4 Å². The molecule has 2 heterocycles. The molecule has 1 unspecified atom stereocenters. The van der Waals surface area contributed by atoms with Gasteiger partial charge in [0.2, 0.25) is 11.6 Å². The lowest BCUT2D eigenvalue weighted by Crippen LogP contribution is -2.35. The van der Waals surface area contributed by atoms with Gasteiger partial charge in [0.15, 0.2) is 11.5 Å². The minimum absolute atomic E-state index is 0.263. The molecule has 1 atom stereocenters. The van der Waals surface area contributed by atoms with Crippen molar-refractivity contribution in [3.63, 3.8) is 0 Å². The summed E-state index contributed by atoms with van der Waals surface area (Å²) in [5, 5.41) is 0. The Balaban J connectivity index is 1.68. The fourth-order valence-electron chi connectivity index (χ4n) is 5.67. The number of allylic oxidation sites excluding steroid dienone is 1. The highest BCUT2D eigenvalue weighted by Crippen LogP contribution is 2.46. The maximum atomic E-state index is 6.53. The summed E-state index contributed by atoms with van der Waals surface area (Å²) >= 11 is 0. The second kappa shape index (κ2) is 10.3. The van der Waals surface area contributed by atoms with Crippen molar-refractivity contribution in [1.82, 2.24) is 0 Å². The third-order valence-corrected chi connectivity index (χ3v) is 7.44. The zero-order valence-electron chi connectivity index (χ0n) is 22.6. The van der Waals surface area contributed by atoms with Gasteiger partial charge in [-0.3, -0.25) is 0 Å².